The summed E-state index contributed by atoms with van der Waals surface area (Å²) in [5.41, 5.74) is 3.96. The summed E-state index contributed by atoms with van der Waals surface area (Å²) >= 11 is 0. The van der Waals surface area contributed by atoms with E-state index in [0.717, 1.165) is 17.9 Å². The van der Waals surface area contributed by atoms with Gasteiger partial charge in [-0.2, -0.15) is 0 Å². The molecule has 2 amide bonds. The molecule has 0 aliphatic carbocycles. The Kier molecular flexibility index (Phi) is 8.33. The zero-order valence-electron chi connectivity index (χ0n) is 20.2. The lowest BCUT2D eigenvalue weighted by Gasteiger charge is -2.18. The van der Waals surface area contributed by atoms with Gasteiger partial charge >= 0.3 is 0 Å². The van der Waals surface area contributed by atoms with Crippen molar-refractivity contribution in [2.45, 2.75) is 6.42 Å². The number of para-hydroxylation sites is 1. The van der Waals surface area contributed by atoms with Crippen LogP contribution < -0.4 is 20.3 Å². The molecule has 0 atom stereocenters. The molecular formula is C30H29N3O3. The fourth-order valence-electron chi connectivity index (χ4n) is 3.68. The van der Waals surface area contributed by atoms with Crippen LogP contribution in [0.4, 0.5) is 17.1 Å². The molecule has 0 fully saturated rings. The quantitative estimate of drug-likeness (QED) is 0.309. The van der Waals surface area contributed by atoms with Crippen molar-refractivity contribution < 1.29 is 14.3 Å². The van der Waals surface area contributed by atoms with E-state index in [1.54, 1.807) is 30.1 Å². The summed E-state index contributed by atoms with van der Waals surface area (Å²) in [4.78, 5) is 26.9. The number of carbonyl (C=O) groups is 2. The lowest BCUT2D eigenvalue weighted by Crippen LogP contribution is -2.26. The number of anilines is 3. The second-order valence-electron chi connectivity index (χ2n) is 8.29. The fraction of sp³-hybridized carbons (Fsp3) is 0.133. The van der Waals surface area contributed by atoms with Gasteiger partial charge in [-0.15, -0.1) is 0 Å². The van der Waals surface area contributed by atoms with Crippen LogP contribution in [0.5, 0.6) is 5.75 Å². The van der Waals surface area contributed by atoms with Crippen molar-refractivity contribution in [1.29, 1.82) is 0 Å². The molecule has 0 bridgehead atoms. The van der Waals surface area contributed by atoms with Crippen molar-refractivity contribution in [3.05, 3.63) is 120 Å². The van der Waals surface area contributed by atoms with Gasteiger partial charge in [-0.3, -0.25) is 9.59 Å². The summed E-state index contributed by atoms with van der Waals surface area (Å²) in [7, 11) is 1.74. The topological polar surface area (TPSA) is 70.7 Å². The van der Waals surface area contributed by atoms with Gasteiger partial charge in [-0.1, -0.05) is 54.6 Å². The molecule has 2 N–H and O–H groups in total. The average molecular weight is 480 g/mol. The van der Waals surface area contributed by atoms with Crippen molar-refractivity contribution in [2.75, 3.05) is 35.7 Å². The summed E-state index contributed by atoms with van der Waals surface area (Å²) < 4.78 is 5.79. The highest BCUT2D eigenvalue weighted by Gasteiger charge is 2.14. The molecular weight excluding hydrogens is 450 g/mol. The smallest absolute Gasteiger partial charge is 0.258 e. The summed E-state index contributed by atoms with van der Waals surface area (Å²) in [6.07, 6.45) is 0.834. The lowest BCUT2D eigenvalue weighted by molar-refractivity contribution is -0.114. The minimum atomic E-state index is -0.189. The molecule has 182 valence electrons. The first-order valence-electron chi connectivity index (χ1n) is 11.8. The number of hydrogen-bond donors (Lipinski definition) is 2. The third kappa shape index (κ3) is 6.96. The number of nitrogens with zero attached hydrogens (tertiary/aromatic N) is 1. The van der Waals surface area contributed by atoms with Gasteiger partial charge in [0.05, 0.1) is 13.2 Å². The highest BCUT2D eigenvalue weighted by molar-refractivity contribution is 6.06. The van der Waals surface area contributed by atoms with Gasteiger partial charge in [0.15, 0.2) is 0 Å². The second kappa shape index (κ2) is 12.2. The first kappa shape index (κ1) is 24.5. The molecule has 0 unspecified atom stereocenters. The van der Waals surface area contributed by atoms with E-state index >= 15 is 0 Å². The van der Waals surface area contributed by atoms with Gasteiger partial charge in [-0.25, -0.2) is 0 Å². The number of carbonyl (C=O) groups excluding carboxylic acids is 2. The van der Waals surface area contributed by atoms with Crippen molar-refractivity contribution in [2.24, 2.45) is 0 Å². The van der Waals surface area contributed by atoms with E-state index in [2.05, 4.69) is 22.8 Å². The first-order valence-corrected chi connectivity index (χ1v) is 11.8. The Hall–Kier alpha value is -4.58. The highest BCUT2D eigenvalue weighted by atomic mass is 16.5. The van der Waals surface area contributed by atoms with E-state index in [0.29, 0.717) is 23.5 Å². The van der Waals surface area contributed by atoms with Gasteiger partial charge < -0.3 is 20.3 Å². The lowest BCUT2D eigenvalue weighted by atomic mass is 10.1. The van der Waals surface area contributed by atoms with Crippen molar-refractivity contribution >= 4 is 28.9 Å². The minimum Gasteiger partial charge on any atom is -0.493 e. The summed E-state index contributed by atoms with van der Waals surface area (Å²) in [5, 5.41) is 5.95. The molecule has 4 aromatic carbocycles. The van der Waals surface area contributed by atoms with E-state index in [-0.39, 0.29) is 18.4 Å². The zero-order chi connectivity index (χ0) is 25.2. The molecule has 6 heteroatoms. The maximum atomic E-state index is 12.9. The maximum Gasteiger partial charge on any atom is 0.258 e. The molecule has 36 heavy (non-hydrogen) atoms. The van der Waals surface area contributed by atoms with Crippen molar-refractivity contribution in [3.63, 3.8) is 0 Å². The van der Waals surface area contributed by atoms with Crippen LogP contribution in [0.25, 0.3) is 0 Å². The van der Waals surface area contributed by atoms with Crippen molar-refractivity contribution in [1.82, 2.24) is 0 Å². The first-order chi connectivity index (χ1) is 17.6. The summed E-state index contributed by atoms with van der Waals surface area (Å²) in [6.45, 7) is 0.657. The molecule has 6 nitrogen and oxygen atoms in total. The van der Waals surface area contributed by atoms with Gasteiger partial charge in [0, 0.05) is 36.1 Å². The van der Waals surface area contributed by atoms with Crippen LogP contribution in [0.3, 0.4) is 0 Å². The average Bonchev–Trinajstić information content (AvgIpc) is 2.93. The number of benzene rings is 4. The molecule has 0 heterocycles. The predicted molar refractivity (Wildman–Crippen MR) is 145 cm³/mol. The molecule has 0 saturated heterocycles. The Morgan fingerprint density at radius 2 is 1.47 bits per heavy atom. The highest BCUT2D eigenvalue weighted by Crippen LogP contribution is 2.18. The predicted octanol–water partition coefficient (Wildman–Crippen LogP) is 5.64. The Labute approximate surface area is 211 Å². The number of nitrogens with one attached hydrogen (secondary N) is 2. The second-order valence-corrected chi connectivity index (χ2v) is 8.29. The number of amides is 2. The molecule has 4 aromatic rings. The van der Waals surface area contributed by atoms with Crippen LogP contribution in [-0.4, -0.2) is 32.0 Å². The fourth-order valence-corrected chi connectivity index (χ4v) is 3.68. The van der Waals surface area contributed by atoms with E-state index in [1.165, 1.54) is 5.56 Å². The van der Waals surface area contributed by atoms with Crippen LogP contribution in [0.1, 0.15) is 15.9 Å². The molecule has 0 aromatic heterocycles. The third-order valence-corrected chi connectivity index (χ3v) is 5.65. The van der Waals surface area contributed by atoms with E-state index in [4.69, 9.17) is 4.74 Å². The number of ether oxygens (including phenoxy) is 1. The van der Waals surface area contributed by atoms with Gasteiger partial charge in [0.2, 0.25) is 5.91 Å². The van der Waals surface area contributed by atoms with Crippen LogP contribution in [-0.2, 0) is 11.2 Å². The largest absolute Gasteiger partial charge is 0.493 e. The van der Waals surface area contributed by atoms with E-state index in [9.17, 15) is 9.59 Å². The monoisotopic (exact) mass is 479 g/mol. The Balaban J connectivity index is 1.24. The molecule has 0 aliphatic heterocycles. The van der Waals surface area contributed by atoms with Crippen LogP contribution in [0.2, 0.25) is 0 Å². The molecule has 0 saturated carbocycles. The van der Waals surface area contributed by atoms with E-state index < -0.39 is 0 Å². The standard InChI is InChI=1S/C30H29N3O3/c1-33(27-13-6-3-7-14-27)30(35)24-11-8-12-26(21-24)31-22-29(34)32-25-15-17-28(18-16-25)36-20-19-23-9-4-2-5-10-23/h2-18,21,31H,19-20,22H2,1H3,(H,32,34). The summed E-state index contributed by atoms with van der Waals surface area (Å²) in [6, 6.07) is 34.1. The molecule has 4 rings (SSSR count). The Morgan fingerprint density at radius 1 is 0.778 bits per heavy atom. The Morgan fingerprint density at radius 3 is 2.19 bits per heavy atom. The maximum absolute atomic E-state index is 12.9. The van der Waals surface area contributed by atoms with Gasteiger partial charge in [0.25, 0.3) is 5.91 Å². The Bertz CT molecular complexity index is 1280. The normalized spacial score (nSPS) is 10.4. The molecule has 0 spiro atoms. The van der Waals surface area contributed by atoms with Crippen LogP contribution >= 0.6 is 0 Å². The van der Waals surface area contributed by atoms with Gasteiger partial charge in [0.1, 0.15) is 5.75 Å². The minimum absolute atomic E-state index is 0.0709. The van der Waals surface area contributed by atoms with Crippen molar-refractivity contribution in [3.8, 4) is 5.75 Å². The number of rotatable bonds is 10. The molecule has 0 aliphatic rings. The van der Waals surface area contributed by atoms with E-state index in [1.807, 2.05) is 78.9 Å². The van der Waals surface area contributed by atoms with Gasteiger partial charge in [-0.05, 0) is 60.2 Å². The number of hydrogen-bond acceptors (Lipinski definition) is 4. The zero-order valence-corrected chi connectivity index (χ0v) is 20.2. The third-order valence-electron chi connectivity index (χ3n) is 5.65. The van der Waals surface area contributed by atoms with Crippen LogP contribution in [0.15, 0.2) is 109 Å². The summed E-state index contributed by atoms with van der Waals surface area (Å²) in [5.74, 6) is 0.440. The van der Waals surface area contributed by atoms with Crippen LogP contribution in [0, 0.1) is 0 Å². The molecule has 0 radical (unpaired) electrons. The SMILES string of the molecule is CN(C(=O)c1cccc(NCC(=O)Nc2ccc(OCCc3ccccc3)cc2)c1)c1ccccc1.